The van der Waals surface area contributed by atoms with Gasteiger partial charge < -0.3 is 5.32 Å². The van der Waals surface area contributed by atoms with Gasteiger partial charge in [0.15, 0.2) is 0 Å². The highest BCUT2D eigenvalue weighted by Crippen LogP contribution is 2.38. The van der Waals surface area contributed by atoms with Crippen LogP contribution in [0, 0.1) is 17.2 Å². The van der Waals surface area contributed by atoms with Crippen LogP contribution in [0.15, 0.2) is 18.2 Å². The summed E-state index contributed by atoms with van der Waals surface area (Å²) in [7, 11) is -3.29. The molecular weight excluding hydrogens is 424 g/mol. The molecule has 170 valence electrons. The molecule has 1 fully saturated rings. The molecule has 1 N–H and O–H groups in total. The molecule has 1 aliphatic heterocycles. The van der Waals surface area contributed by atoms with Crippen LogP contribution in [0.1, 0.15) is 56.0 Å². The number of piperidine rings is 1. The van der Waals surface area contributed by atoms with Gasteiger partial charge in [-0.15, -0.1) is 0 Å². The number of rotatable bonds is 7. The van der Waals surface area contributed by atoms with Gasteiger partial charge in [0.05, 0.1) is 16.9 Å². The first-order chi connectivity index (χ1) is 13.8. The maximum Gasteiger partial charge on any atom is 0.416 e. The maximum atomic E-state index is 14.1. The van der Waals surface area contributed by atoms with Crippen molar-refractivity contribution >= 4 is 15.9 Å². The summed E-state index contributed by atoms with van der Waals surface area (Å²) in [6, 6.07) is 1.82. The van der Waals surface area contributed by atoms with Crippen molar-refractivity contribution in [3.05, 3.63) is 35.1 Å². The number of carbonyl (C=O) groups is 1. The van der Waals surface area contributed by atoms with Crippen molar-refractivity contribution in [2.75, 3.05) is 25.4 Å². The molecule has 1 saturated heterocycles. The number of alkyl halides is 3. The van der Waals surface area contributed by atoms with E-state index in [9.17, 15) is 30.8 Å². The fraction of sp³-hybridized carbons (Fsp3) is 0.650. The van der Waals surface area contributed by atoms with Crippen LogP contribution < -0.4 is 5.32 Å². The van der Waals surface area contributed by atoms with Crippen LogP contribution in [0.5, 0.6) is 0 Å². The maximum absolute atomic E-state index is 14.1. The van der Waals surface area contributed by atoms with E-state index in [-0.39, 0.29) is 17.7 Å². The van der Waals surface area contributed by atoms with Crippen LogP contribution in [0.3, 0.4) is 0 Å². The molecule has 5 nitrogen and oxygen atoms in total. The summed E-state index contributed by atoms with van der Waals surface area (Å²) < 4.78 is 77.8. The fourth-order valence-corrected chi connectivity index (χ4v) is 5.08. The second kappa shape index (κ2) is 9.21. The molecule has 1 aromatic rings. The van der Waals surface area contributed by atoms with E-state index in [1.54, 1.807) is 6.92 Å². The van der Waals surface area contributed by atoms with Gasteiger partial charge in [0.1, 0.15) is 5.82 Å². The van der Waals surface area contributed by atoms with E-state index < -0.39 is 39.1 Å². The molecule has 0 spiro atoms. The summed E-state index contributed by atoms with van der Waals surface area (Å²) in [5, 5.41) is 2.65. The van der Waals surface area contributed by atoms with Crippen molar-refractivity contribution in [2.45, 2.75) is 46.2 Å². The Hall–Kier alpha value is -1.68. The van der Waals surface area contributed by atoms with Crippen molar-refractivity contribution in [3.8, 4) is 0 Å². The minimum atomic E-state index is -4.69. The second-order valence-corrected chi connectivity index (χ2v) is 10.5. The van der Waals surface area contributed by atoms with Gasteiger partial charge in [-0.1, -0.05) is 13.8 Å². The highest BCUT2D eigenvalue weighted by Gasteiger charge is 2.38. The molecule has 0 unspecified atom stereocenters. The van der Waals surface area contributed by atoms with Gasteiger partial charge in [0, 0.05) is 19.6 Å². The Morgan fingerprint density at radius 3 is 2.30 bits per heavy atom. The van der Waals surface area contributed by atoms with Gasteiger partial charge in [-0.25, -0.2) is 17.1 Å². The van der Waals surface area contributed by atoms with Crippen LogP contribution in [0.2, 0.25) is 0 Å². The lowest BCUT2D eigenvalue weighted by atomic mass is 9.73. The summed E-state index contributed by atoms with van der Waals surface area (Å²) in [5.74, 6) is -1.70. The van der Waals surface area contributed by atoms with Gasteiger partial charge in [0.25, 0.3) is 5.91 Å². The molecule has 0 bridgehead atoms. The Bertz CT molecular complexity index is 861. The third-order valence-electron chi connectivity index (χ3n) is 5.55. The van der Waals surface area contributed by atoms with E-state index in [4.69, 9.17) is 0 Å². The topological polar surface area (TPSA) is 66.5 Å². The normalized spacial score (nSPS) is 17.9. The van der Waals surface area contributed by atoms with E-state index in [1.165, 1.54) is 4.31 Å². The monoisotopic (exact) mass is 452 g/mol. The average Bonchev–Trinajstić information content (AvgIpc) is 2.65. The third kappa shape index (κ3) is 5.94. The SMILES string of the molecule is CCS(=O)(=O)N1CCC(CNC(=O)c2ccc(C(F)(F)F)cc2F)(CC(C)C)CC1. The van der Waals surface area contributed by atoms with Crippen molar-refractivity contribution in [2.24, 2.45) is 11.3 Å². The highest BCUT2D eigenvalue weighted by molar-refractivity contribution is 7.89. The van der Waals surface area contributed by atoms with Crippen molar-refractivity contribution in [1.29, 1.82) is 0 Å². The molecule has 1 heterocycles. The van der Waals surface area contributed by atoms with Gasteiger partial charge in [0.2, 0.25) is 10.0 Å². The largest absolute Gasteiger partial charge is 0.416 e. The number of carbonyl (C=O) groups excluding carboxylic acids is 1. The molecule has 1 aliphatic rings. The van der Waals surface area contributed by atoms with Gasteiger partial charge >= 0.3 is 6.18 Å². The summed E-state index contributed by atoms with van der Waals surface area (Å²) in [6.07, 6.45) is -2.87. The predicted molar refractivity (Wildman–Crippen MR) is 106 cm³/mol. The molecule has 1 aromatic carbocycles. The lowest BCUT2D eigenvalue weighted by Crippen LogP contribution is -2.48. The van der Waals surface area contributed by atoms with Crippen molar-refractivity contribution in [3.63, 3.8) is 0 Å². The minimum absolute atomic E-state index is 0.0219. The second-order valence-electron chi connectivity index (χ2n) is 8.27. The average molecular weight is 453 g/mol. The Labute approximate surface area is 174 Å². The number of nitrogens with one attached hydrogen (secondary N) is 1. The lowest BCUT2D eigenvalue weighted by molar-refractivity contribution is -0.137. The van der Waals surface area contributed by atoms with E-state index in [0.717, 1.165) is 12.5 Å². The molecule has 0 radical (unpaired) electrons. The van der Waals surface area contributed by atoms with Gasteiger partial charge in [-0.05, 0) is 55.7 Å². The van der Waals surface area contributed by atoms with Gasteiger partial charge in [-0.2, -0.15) is 13.2 Å². The number of nitrogens with zero attached hydrogens (tertiary/aromatic N) is 1. The molecule has 2 rings (SSSR count). The van der Waals surface area contributed by atoms with E-state index in [0.29, 0.717) is 44.0 Å². The first-order valence-electron chi connectivity index (χ1n) is 9.92. The number of amides is 1. The first kappa shape index (κ1) is 24.6. The molecule has 0 atom stereocenters. The van der Waals surface area contributed by atoms with E-state index in [2.05, 4.69) is 5.32 Å². The summed E-state index contributed by atoms with van der Waals surface area (Å²) >= 11 is 0. The zero-order chi connectivity index (χ0) is 22.7. The number of sulfonamides is 1. The minimum Gasteiger partial charge on any atom is -0.351 e. The smallest absolute Gasteiger partial charge is 0.351 e. The Morgan fingerprint density at radius 2 is 1.83 bits per heavy atom. The van der Waals surface area contributed by atoms with Crippen LogP contribution >= 0.6 is 0 Å². The molecule has 0 aliphatic carbocycles. The molecule has 0 aromatic heterocycles. The molecular formula is C20H28F4N2O3S. The van der Waals surface area contributed by atoms with Crippen LogP contribution in [-0.2, 0) is 16.2 Å². The Kier molecular flexibility index (Phi) is 7.55. The molecule has 10 heteroatoms. The van der Waals surface area contributed by atoms with Crippen molar-refractivity contribution < 1.29 is 30.8 Å². The first-order valence-corrected chi connectivity index (χ1v) is 11.5. The summed E-state index contributed by atoms with van der Waals surface area (Å²) in [6.45, 7) is 6.51. The van der Waals surface area contributed by atoms with E-state index >= 15 is 0 Å². The zero-order valence-electron chi connectivity index (χ0n) is 17.4. The highest BCUT2D eigenvalue weighted by atomic mass is 32.2. The number of hydrogen-bond donors (Lipinski definition) is 1. The van der Waals surface area contributed by atoms with Crippen LogP contribution in [0.25, 0.3) is 0 Å². The number of halogens is 4. The predicted octanol–water partition coefficient (Wildman–Crippen LogP) is 4.05. The molecule has 30 heavy (non-hydrogen) atoms. The third-order valence-corrected chi connectivity index (χ3v) is 7.43. The Morgan fingerprint density at radius 1 is 1.23 bits per heavy atom. The van der Waals surface area contributed by atoms with Crippen LogP contribution in [-0.4, -0.2) is 44.0 Å². The summed E-state index contributed by atoms with van der Waals surface area (Å²) in [4.78, 5) is 12.4. The van der Waals surface area contributed by atoms with Gasteiger partial charge in [-0.3, -0.25) is 4.79 Å². The zero-order valence-corrected chi connectivity index (χ0v) is 18.2. The lowest BCUT2D eigenvalue weighted by Gasteiger charge is -2.42. The standard InChI is InChI=1S/C20H28F4N2O3S/c1-4-30(28,29)26-9-7-19(8-10-26,12-14(2)3)13-25-18(27)16-6-5-15(11-17(16)21)20(22,23)24/h5-6,11,14H,4,7-10,12-13H2,1-3H3,(H,25,27). The summed E-state index contributed by atoms with van der Waals surface area (Å²) in [5.41, 5.74) is -1.96. The van der Waals surface area contributed by atoms with Crippen LogP contribution in [0.4, 0.5) is 17.6 Å². The fourth-order valence-electron chi connectivity index (χ4n) is 3.98. The van der Waals surface area contributed by atoms with Crippen molar-refractivity contribution in [1.82, 2.24) is 9.62 Å². The number of benzene rings is 1. The number of hydrogen-bond acceptors (Lipinski definition) is 3. The van der Waals surface area contributed by atoms with E-state index in [1.807, 2.05) is 13.8 Å². The molecule has 1 amide bonds. The Balaban J connectivity index is 2.11. The quantitative estimate of drug-likeness (QED) is 0.635. The molecule has 0 saturated carbocycles.